The Bertz CT molecular complexity index is 525. The minimum absolute atomic E-state index is 0.0808. The maximum atomic E-state index is 13.8. The number of amides is 1. The molecule has 2 rings (SSSR count). The molecule has 1 aliphatic rings. The number of hydrogen-bond donors (Lipinski definition) is 1. The highest BCUT2D eigenvalue weighted by Gasteiger charge is 2.23. The van der Waals surface area contributed by atoms with Crippen LogP contribution in [0.2, 0.25) is 0 Å². The molecule has 1 fully saturated rings. The smallest absolute Gasteiger partial charge is 0.328 e. The van der Waals surface area contributed by atoms with Gasteiger partial charge < -0.3 is 10.0 Å². The number of rotatable bonds is 3. The minimum atomic E-state index is -1.09. The fourth-order valence-electron chi connectivity index (χ4n) is 1.92. The zero-order chi connectivity index (χ0) is 13.1. The molecule has 18 heavy (non-hydrogen) atoms. The highest BCUT2D eigenvalue weighted by atomic mass is 19.1. The molecule has 5 heteroatoms. The summed E-state index contributed by atoms with van der Waals surface area (Å²) in [5, 5.41) is 8.47. The Morgan fingerprint density at radius 3 is 2.78 bits per heavy atom. The van der Waals surface area contributed by atoms with E-state index in [0.717, 1.165) is 12.5 Å². The van der Waals surface area contributed by atoms with Gasteiger partial charge in [-0.1, -0.05) is 6.07 Å². The van der Waals surface area contributed by atoms with Gasteiger partial charge in [-0.2, -0.15) is 0 Å². The molecule has 1 aromatic rings. The van der Waals surface area contributed by atoms with Crippen molar-refractivity contribution in [2.45, 2.75) is 12.8 Å². The SMILES string of the molecule is O=C(O)/C=C/c1ccc(N2CCCC2=O)c(F)c1. The van der Waals surface area contributed by atoms with Crippen LogP contribution in [0.5, 0.6) is 0 Å². The lowest BCUT2D eigenvalue weighted by Crippen LogP contribution is -2.24. The monoisotopic (exact) mass is 249 g/mol. The van der Waals surface area contributed by atoms with Gasteiger partial charge in [-0.3, -0.25) is 4.79 Å². The lowest BCUT2D eigenvalue weighted by molar-refractivity contribution is -0.131. The Kier molecular flexibility index (Phi) is 3.41. The maximum absolute atomic E-state index is 13.8. The first-order chi connectivity index (χ1) is 8.58. The molecular formula is C13H12FNO3. The molecule has 0 spiro atoms. The van der Waals surface area contributed by atoms with E-state index in [4.69, 9.17) is 5.11 Å². The molecule has 1 amide bonds. The third-order valence-corrected chi connectivity index (χ3v) is 2.75. The number of nitrogens with zero attached hydrogens (tertiary/aromatic N) is 1. The summed E-state index contributed by atoms with van der Waals surface area (Å²) in [6, 6.07) is 4.31. The number of anilines is 1. The third kappa shape index (κ3) is 2.56. The zero-order valence-electron chi connectivity index (χ0n) is 9.60. The normalized spacial score (nSPS) is 15.6. The van der Waals surface area contributed by atoms with Crippen molar-refractivity contribution in [2.24, 2.45) is 0 Å². The zero-order valence-corrected chi connectivity index (χ0v) is 9.60. The van der Waals surface area contributed by atoms with E-state index >= 15 is 0 Å². The molecule has 94 valence electrons. The lowest BCUT2D eigenvalue weighted by Gasteiger charge is -2.16. The van der Waals surface area contributed by atoms with Crippen LogP contribution >= 0.6 is 0 Å². The highest BCUT2D eigenvalue weighted by molar-refractivity contribution is 5.95. The van der Waals surface area contributed by atoms with Crippen LogP contribution < -0.4 is 4.90 Å². The number of carbonyl (C=O) groups excluding carboxylic acids is 1. The van der Waals surface area contributed by atoms with E-state index < -0.39 is 11.8 Å². The van der Waals surface area contributed by atoms with Crippen molar-refractivity contribution < 1.29 is 19.1 Å². The van der Waals surface area contributed by atoms with Crippen molar-refractivity contribution in [3.63, 3.8) is 0 Å². The van der Waals surface area contributed by atoms with Crippen LogP contribution in [0.15, 0.2) is 24.3 Å². The van der Waals surface area contributed by atoms with Gasteiger partial charge in [-0.15, -0.1) is 0 Å². The Balaban J connectivity index is 2.25. The second kappa shape index (κ2) is 5.00. The van der Waals surface area contributed by atoms with Crippen molar-refractivity contribution in [2.75, 3.05) is 11.4 Å². The van der Waals surface area contributed by atoms with Gasteiger partial charge in [0.2, 0.25) is 5.91 Å². The maximum Gasteiger partial charge on any atom is 0.328 e. The lowest BCUT2D eigenvalue weighted by atomic mass is 10.1. The molecule has 0 saturated carbocycles. The van der Waals surface area contributed by atoms with Crippen LogP contribution in [0.4, 0.5) is 10.1 Å². The summed E-state index contributed by atoms with van der Waals surface area (Å²) in [6.45, 7) is 0.528. The predicted molar refractivity (Wildman–Crippen MR) is 64.7 cm³/mol. The predicted octanol–water partition coefficient (Wildman–Crippen LogP) is 2.05. The second-order valence-electron chi connectivity index (χ2n) is 4.03. The number of halogens is 1. The summed E-state index contributed by atoms with van der Waals surface area (Å²) < 4.78 is 13.8. The van der Waals surface area contributed by atoms with E-state index in [9.17, 15) is 14.0 Å². The Morgan fingerprint density at radius 2 is 2.22 bits per heavy atom. The number of benzene rings is 1. The fourth-order valence-corrected chi connectivity index (χ4v) is 1.92. The Morgan fingerprint density at radius 1 is 1.44 bits per heavy atom. The first-order valence-electron chi connectivity index (χ1n) is 5.59. The van der Waals surface area contributed by atoms with Crippen LogP contribution in [0, 0.1) is 5.82 Å². The largest absolute Gasteiger partial charge is 0.478 e. The van der Waals surface area contributed by atoms with E-state index in [1.807, 2.05) is 0 Å². The number of carboxylic acids is 1. The van der Waals surface area contributed by atoms with Crippen molar-refractivity contribution >= 4 is 23.6 Å². The molecule has 4 nitrogen and oxygen atoms in total. The van der Waals surface area contributed by atoms with Gasteiger partial charge in [0, 0.05) is 19.0 Å². The molecule has 0 bridgehead atoms. The van der Waals surface area contributed by atoms with Crippen LogP contribution in [0.25, 0.3) is 6.08 Å². The molecule has 1 N–H and O–H groups in total. The van der Waals surface area contributed by atoms with Gasteiger partial charge in [0.05, 0.1) is 5.69 Å². The van der Waals surface area contributed by atoms with Gasteiger partial charge in [-0.05, 0) is 30.2 Å². The molecule has 0 unspecified atom stereocenters. The second-order valence-corrected chi connectivity index (χ2v) is 4.03. The summed E-state index contributed by atoms with van der Waals surface area (Å²) >= 11 is 0. The third-order valence-electron chi connectivity index (χ3n) is 2.75. The molecule has 0 atom stereocenters. The molecule has 1 aliphatic heterocycles. The Hall–Kier alpha value is -2.17. The summed E-state index contributed by atoms with van der Waals surface area (Å²) in [4.78, 5) is 23.3. The molecule has 1 aromatic carbocycles. The molecule has 1 saturated heterocycles. The molecule has 1 heterocycles. The van der Waals surface area contributed by atoms with Crippen LogP contribution in [0.3, 0.4) is 0 Å². The summed E-state index contributed by atoms with van der Waals surface area (Å²) in [5.41, 5.74) is 0.704. The van der Waals surface area contributed by atoms with Crippen molar-refractivity contribution in [1.82, 2.24) is 0 Å². The van der Waals surface area contributed by atoms with Crippen LogP contribution in [0.1, 0.15) is 18.4 Å². The molecular weight excluding hydrogens is 237 g/mol. The first-order valence-corrected chi connectivity index (χ1v) is 5.59. The number of carboxylic acid groups (broad SMARTS) is 1. The van der Waals surface area contributed by atoms with Gasteiger partial charge in [0.25, 0.3) is 0 Å². The van der Waals surface area contributed by atoms with Crippen molar-refractivity contribution in [3.05, 3.63) is 35.7 Å². The summed E-state index contributed by atoms with van der Waals surface area (Å²) in [7, 11) is 0. The molecule has 0 aliphatic carbocycles. The van der Waals surface area contributed by atoms with Crippen LogP contribution in [-0.2, 0) is 9.59 Å². The first kappa shape index (κ1) is 12.3. The van der Waals surface area contributed by atoms with Crippen LogP contribution in [-0.4, -0.2) is 23.5 Å². The van der Waals surface area contributed by atoms with Crippen molar-refractivity contribution in [1.29, 1.82) is 0 Å². The van der Waals surface area contributed by atoms with Gasteiger partial charge >= 0.3 is 5.97 Å². The van der Waals surface area contributed by atoms with E-state index in [0.29, 0.717) is 18.5 Å². The molecule has 0 aromatic heterocycles. The standard InChI is InChI=1S/C13H12FNO3/c14-10-8-9(4-6-13(17)18)3-5-11(10)15-7-1-2-12(15)16/h3-6,8H,1-2,7H2,(H,17,18)/b6-4+. The minimum Gasteiger partial charge on any atom is -0.478 e. The van der Waals surface area contributed by atoms with E-state index in [2.05, 4.69) is 0 Å². The molecule has 0 radical (unpaired) electrons. The van der Waals surface area contributed by atoms with Gasteiger partial charge in [0.1, 0.15) is 5.82 Å². The van der Waals surface area contributed by atoms with E-state index in [1.54, 1.807) is 6.07 Å². The fraction of sp³-hybridized carbons (Fsp3) is 0.231. The quantitative estimate of drug-likeness (QED) is 0.834. The number of aliphatic carboxylic acids is 1. The van der Waals surface area contributed by atoms with E-state index in [1.165, 1.54) is 23.1 Å². The van der Waals surface area contributed by atoms with Gasteiger partial charge in [-0.25, -0.2) is 9.18 Å². The number of carbonyl (C=O) groups is 2. The van der Waals surface area contributed by atoms with E-state index in [-0.39, 0.29) is 11.6 Å². The topological polar surface area (TPSA) is 57.6 Å². The van der Waals surface area contributed by atoms with Crippen molar-refractivity contribution in [3.8, 4) is 0 Å². The average Bonchev–Trinajstić information content (AvgIpc) is 2.73. The highest BCUT2D eigenvalue weighted by Crippen LogP contribution is 2.25. The average molecular weight is 249 g/mol. The summed E-state index contributed by atoms with van der Waals surface area (Å²) in [6.07, 6.45) is 3.43. The van der Waals surface area contributed by atoms with Gasteiger partial charge in [0.15, 0.2) is 0 Å². The summed E-state index contributed by atoms with van der Waals surface area (Å²) in [5.74, 6) is -1.69. The Labute approximate surface area is 103 Å². The number of hydrogen-bond acceptors (Lipinski definition) is 2.